The molecule has 1 fully saturated rings. The second-order valence-corrected chi connectivity index (χ2v) is 4.38. The van der Waals surface area contributed by atoms with Crippen LogP contribution in [0.1, 0.15) is 35.8 Å². The molecule has 1 N–H and O–H groups in total. The van der Waals surface area contributed by atoms with Crippen molar-refractivity contribution in [3.05, 3.63) is 22.1 Å². The summed E-state index contributed by atoms with van der Waals surface area (Å²) in [6, 6.07) is 0. The summed E-state index contributed by atoms with van der Waals surface area (Å²) >= 11 is 6.10. The largest absolute Gasteiger partial charge is 0.464 e. The number of rotatable bonds is 1. The minimum atomic E-state index is 0.509. The smallest absolute Gasteiger partial charge is 0.119 e. The van der Waals surface area contributed by atoms with Crippen LogP contribution in [-0.2, 0) is 0 Å². The van der Waals surface area contributed by atoms with Crippen LogP contribution >= 0.6 is 11.6 Å². The number of nitrogens with one attached hydrogen (secondary N) is 1. The van der Waals surface area contributed by atoms with E-state index in [4.69, 9.17) is 16.0 Å². The molecule has 0 saturated carbocycles. The van der Waals surface area contributed by atoms with Crippen molar-refractivity contribution in [1.82, 2.24) is 5.32 Å². The Kier molecular flexibility index (Phi) is 2.84. The normalized spacial score (nSPS) is 22.6. The summed E-state index contributed by atoms with van der Waals surface area (Å²) in [6.07, 6.45) is 2.43. The van der Waals surface area contributed by atoms with Gasteiger partial charge in [0.15, 0.2) is 0 Å². The standard InChI is InChI=1S/C11H16ClNO/c1-7-10(12)8(2)14-11(7)9-4-3-5-13-6-9/h9,13H,3-6H2,1-2H3. The van der Waals surface area contributed by atoms with E-state index in [1.54, 1.807) is 0 Å². The molecule has 1 aliphatic rings. The van der Waals surface area contributed by atoms with Crippen molar-refractivity contribution < 1.29 is 4.42 Å². The Hall–Kier alpha value is -0.470. The second kappa shape index (κ2) is 3.95. The van der Waals surface area contributed by atoms with Gasteiger partial charge in [0.2, 0.25) is 0 Å². The highest BCUT2D eigenvalue weighted by Crippen LogP contribution is 2.34. The van der Waals surface area contributed by atoms with Crippen LogP contribution in [0.4, 0.5) is 0 Å². The van der Waals surface area contributed by atoms with Crippen molar-refractivity contribution in [2.45, 2.75) is 32.6 Å². The topological polar surface area (TPSA) is 25.2 Å². The van der Waals surface area contributed by atoms with Crippen molar-refractivity contribution in [3.63, 3.8) is 0 Å². The zero-order valence-electron chi connectivity index (χ0n) is 8.69. The Morgan fingerprint density at radius 3 is 2.71 bits per heavy atom. The van der Waals surface area contributed by atoms with Crippen LogP contribution in [0.3, 0.4) is 0 Å². The molecule has 3 heteroatoms. The maximum Gasteiger partial charge on any atom is 0.119 e. The maximum absolute atomic E-state index is 6.10. The van der Waals surface area contributed by atoms with Crippen molar-refractivity contribution in [2.24, 2.45) is 0 Å². The molecule has 78 valence electrons. The molecule has 0 aromatic carbocycles. The van der Waals surface area contributed by atoms with Crippen molar-refractivity contribution in [2.75, 3.05) is 13.1 Å². The number of aryl methyl sites for hydroxylation is 1. The van der Waals surface area contributed by atoms with Crippen LogP contribution < -0.4 is 5.32 Å². The zero-order chi connectivity index (χ0) is 10.1. The first-order valence-electron chi connectivity index (χ1n) is 5.16. The number of hydrogen-bond acceptors (Lipinski definition) is 2. The molecule has 1 aliphatic heterocycles. The van der Waals surface area contributed by atoms with Gasteiger partial charge in [-0.1, -0.05) is 11.6 Å². The van der Waals surface area contributed by atoms with Crippen molar-refractivity contribution >= 4 is 11.6 Å². The van der Waals surface area contributed by atoms with Crippen molar-refractivity contribution in [1.29, 1.82) is 0 Å². The van der Waals surface area contributed by atoms with Crippen molar-refractivity contribution in [3.8, 4) is 0 Å². The van der Waals surface area contributed by atoms with Gasteiger partial charge >= 0.3 is 0 Å². The molecule has 0 bridgehead atoms. The molecule has 2 heterocycles. The summed E-state index contributed by atoms with van der Waals surface area (Å²) in [6.45, 7) is 6.12. The summed E-state index contributed by atoms with van der Waals surface area (Å²) in [7, 11) is 0. The van der Waals surface area contributed by atoms with Gasteiger partial charge in [0, 0.05) is 18.0 Å². The molecule has 0 aliphatic carbocycles. The fraction of sp³-hybridized carbons (Fsp3) is 0.636. The predicted molar refractivity (Wildman–Crippen MR) is 58.0 cm³/mol. The third-order valence-corrected chi connectivity index (χ3v) is 3.49. The zero-order valence-corrected chi connectivity index (χ0v) is 9.45. The lowest BCUT2D eigenvalue weighted by molar-refractivity contribution is 0.378. The Balaban J connectivity index is 2.26. The second-order valence-electron chi connectivity index (χ2n) is 4.00. The van der Waals surface area contributed by atoms with Crippen LogP contribution in [0, 0.1) is 13.8 Å². The van der Waals surface area contributed by atoms with Gasteiger partial charge in [-0.3, -0.25) is 0 Å². The summed E-state index contributed by atoms with van der Waals surface area (Å²) in [5.74, 6) is 2.44. The van der Waals surface area contributed by atoms with E-state index < -0.39 is 0 Å². The number of halogens is 1. The first-order chi connectivity index (χ1) is 6.70. The number of piperidine rings is 1. The summed E-state index contributed by atoms with van der Waals surface area (Å²) in [5, 5.41) is 4.18. The van der Waals surface area contributed by atoms with E-state index >= 15 is 0 Å². The molecule has 0 radical (unpaired) electrons. The lowest BCUT2D eigenvalue weighted by Gasteiger charge is -2.21. The molecule has 0 spiro atoms. The third-order valence-electron chi connectivity index (χ3n) is 2.94. The van der Waals surface area contributed by atoms with Crippen LogP contribution in [0.25, 0.3) is 0 Å². The van der Waals surface area contributed by atoms with Crippen LogP contribution in [0.2, 0.25) is 5.02 Å². The highest BCUT2D eigenvalue weighted by atomic mass is 35.5. The van der Waals surface area contributed by atoms with Gasteiger partial charge in [-0.15, -0.1) is 0 Å². The number of furan rings is 1. The van der Waals surface area contributed by atoms with Gasteiger partial charge < -0.3 is 9.73 Å². The minimum absolute atomic E-state index is 0.509. The molecular weight excluding hydrogens is 198 g/mol. The molecule has 2 nitrogen and oxygen atoms in total. The average Bonchev–Trinajstić information content (AvgIpc) is 2.47. The van der Waals surface area contributed by atoms with E-state index in [0.29, 0.717) is 5.92 Å². The molecule has 1 atom stereocenters. The molecule has 2 rings (SSSR count). The quantitative estimate of drug-likeness (QED) is 0.776. The Morgan fingerprint density at radius 1 is 1.43 bits per heavy atom. The lowest BCUT2D eigenvalue weighted by atomic mass is 9.95. The molecule has 14 heavy (non-hydrogen) atoms. The maximum atomic E-state index is 6.10. The highest BCUT2D eigenvalue weighted by Gasteiger charge is 2.22. The van der Waals surface area contributed by atoms with E-state index in [9.17, 15) is 0 Å². The fourth-order valence-corrected chi connectivity index (χ4v) is 2.26. The average molecular weight is 214 g/mol. The van der Waals surface area contributed by atoms with Gasteiger partial charge in [-0.05, 0) is 33.2 Å². The Labute approximate surface area is 89.6 Å². The van der Waals surface area contributed by atoms with Crippen LogP contribution in [0.15, 0.2) is 4.42 Å². The summed E-state index contributed by atoms with van der Waals surface area (Å²) in [4.78, 5) is 0. The molecular formula is C11H16ClNO. The fourth-order valence-electron chi connectivity index (χ4n) is 2.12. The first-order valence-corrected chi connectivity index (χ1v) is 5.54. The van der Waals surface area contributed by atoms with Gasteiger partial charge in [-0.2, -0.15) is 0 Å². The monoisotopic (exact) mass is 213 g/mol. The Morgan fingerprint density at radius 2 is 2.21 bits per heavy atom. The third kappa shape index (κ3) is 1.69. The van der Waals surface area contributed by atoms with Crippen LogP contribution in [0.5, 0.6) is 0 Å². The van der Waals surface area contributed by atoms with Gasteiger partial charge in [0.25, 0.3) is 0 Å². The highest BCUT2D eigenvalue weighted by molar-refractivity contribution is 6.32. The van der Waals surface area contributed by atoms with Gasteiger partial charge in [0.05, 0.1) is 5.02 Å². The molecule has 1 saturated heterocycles. The van der Waals surface area contributed by atoms with E-state index in [1.807, 2.05) is 13.8 Å². The molecule has 0 amide bonds. The van der Waals surface area contributed by atoms with Crippen LogP contribution in [-0.4, -0.2) is 13.1 Å². The molecule has 1 aromatic heterocycles. The van der Waals surface area contributed by atoms with E-state index in [2.05, 4.69) is 5.32 Å². The summed E-state index contributed by atoms with van der Waals surface area (Å²) < 4.78 is 5.71. The molecule has 1 unspecified atom stereocenters. The first kappa shape index (κ1) is 10.1. The van der Waals surface area contributed by atoms with Gasteiger partial charge in [0.1, 0.15) is 11.5 Å². The summed E-state index contributed by atoms with van der Waals surface area (Å²) in [5.41, 5.74) is 1.12. The SMILES string of the molecule is Cc1oc(C2CCCNC2)c(C)c1Cl. The lowest BCUT2D eigenvalue weighted by Crippen LogP contribution is -2.28. The molecule has 1 aromatic rings. The minimum Gasteiger partial charge on any atom is -0.464 e. The van der Waals surface area contributed by atoms with E-state index in [-0.39, 0.29) is 0 Å². The van der Waals surface area contributed by atoms with E-state index in [1.165, 1.54) is 12.8 Å². The van der Waals surface area contributed by atoms with Gasteiger partial charge in [-0.25, -0.2) is 0 Å². The predicted octanol–water partition coefficient (Wildman–Crippen LogP) is 3.02. The Bertz CT molecular complexity index is 326. The number of hydrogen-bond donors (Lipinski definition) is 1. The van der Waals surface area contributed by atoms with E-state index in [0.717, 1.165) is 35.2 Å².